The molecular formula is C31H32ClF2N5O4. The first-order valence-corrected chi connectivity index (χ1v) is 14.4. The van der Waals surface area contributed by atoms with Crippen LogP contribution in [0.25, 0.3) is 11.3 Å². The topological polar surface area (TPSA) is 108 Å². The molecule has 0 radical (unpaired) electrons. The second-order valence-corrected chi connectivity index (χ2v) is 11.2. The molecule has 0 aliphatic carbocycles. The van der Waals surface area contributed by atoms with Gasteiger partial charge in [-0.2, -0.15) is 5.10 Å². The summed E-state index contributed by atoms with van der Waals surface area (Å²) >= 11 is 6.51. The number of benzene rings is 2. The Kier molecular flexibility index (Phi) is 8.93. The molecule has 1 saturated heterocycles. The number of aromatic nitrogens is 2. The van der Waals surface area contributed by atoms with Crippen molar-refractivity contribution in [1.29, 1.82) is 0 Å². The van der Waals surface area contributed by atoms with Crippen LogP contribution in [0.4, 0.5) is 14.5 Å². The van der Waals surface area contributed by atoms with E-state index in [2.05, 4.69) is 10.4 Å². The van der Waals surface area contributed by atoms with E-state index in [1.54, 1.807) is 46.1 Å². The van der Waals surface area contributed by atoms with Gasteiger partial charge in [0.15, 0.2) is 0 Å². The zero-order valence-corrected chi connectivity index (χ0v) is 24.4. The summed E-state index contributed by atoms with van der Waals surface area (Å²) in [6, 6.07) is 12.8. The number of alkyl halides is 2. The molecule has 0 saturated carbocycles. The number of nitrogens with zero attached hydrogens (tertiary/aromatic N) is 4. The number of carbonyl (C=O) groups excluding carboxylic acids is 3. The highest BCUT2D eigenvalue weighted by atomic mass is 35.5. The summed E-state index contributed by atoms with van der Waals surface area (Å²) in [7, 11) is 0. The molecule has 43 heavy (non-hydrogen) atoms. The van der Waals surface area contributed by atoms with Crippen LogP contribution < -0.4 is 10.2 Å². The lowest BCUT2D eigenvalue weighted by Crippen LogP contribution is -2.45. The summed E-state index contributed by atoms with van der Waals surface area (Å²) < 4.78 is 32.8. The Morgan fingerprint density at radius 1 is 1.16 bits per heavy atom. The minimum atomic E-state index is -3.45. The van der Waals surface area contributed by atoms with Crippen LogP contribution in [0.3, 0.4) is 0 Å². The number of allylic oxidation sites excluding steroid dienone is 1. The number of nitrogens with one attached hydrogen (secondary N) is 1. The largest absolute Gasteiger partial charge is 0.396 e. The Morgan fingerprint density at radius 3 is 2.67 bits per heavy atom. The first-order chi connectivity index (χ1) is 20.6. The van der Waals surface area contributed by atoms with E-state index in [1.807, 2.05) is 13.0 Å². The van der Waals surface area contributed by atoms with Crippen LogP contribution in [-0.4, -0.2) is 76.2 Å². The average Bonchev–Trinajstić information content (AvgIpc) is 3.40. The minimum Gasteiger partial charge on any atom is -0.396 e. The maximum atomic E-state index is 15.6. The Hall–Kier alpha value is -4.09. The predicted octanol–water partition coefficient (Wildman–Crippen LogP) is 4.25. The number of piperidine rings is 1. The third-order valence-corrected chi connectivity index (χ3v) is 8.08. The number of halogens is 3. The molecule has 1 fully saturated rings. The number of anilines is 1. The number of likely N-dealkylation sites (tertiary alicyclic amines) is 1. The SMILES string of the molecule is Cc1ccn(-c2ccc(C(=O)N3CCC(F)(F)/C(=C\C(=O)NCC(=O)N4CCCC(CO)C4)c4ccccc43)c(Cl)c2)n1. The number of hydrogen-bond acceptors (Lipinski definition) is 5. The predicted molar refractivity (Wildman–Crippen MR) is 158 cm³/mol. The van der Waals surface area contributed by atoms with E-state index in [0.29, 0.717) is 18.8 Å². The molecule has 226 valence electrons. The molecule has 0 spiro atoms. The summed E-state index contributed by atoms with van der Waals surface area (Å²) in [5.74, 6) is -5.22. The van der Waals surface area contributed by atoms with Crippen LogP contribution in [0.5, 0.6) is 0 Å². The fourth-order valence-corrected chi connectivity index (χ4v) is 5.71. The van der Waals surface area contributed by atoms with Gasteiger partial charge in [0.2, 0.25) is 11.8 Å². The lowest BCUT2D eigenvalue weighted by Gasteiger charge is -2.31. The molecular weight excluding hydrogens is 580 g/mol. The second kappa shape index (κ2) is 12.6. The molecule has 2 aromatic carbocycles. The van der Waals surface area contributed by atoms with Crippen LogP contribution in [-0.2, 0) is 9.59 Å². The summed E-state index contributed by atoms with van der Waals surface area (Å²) in [6.07, 6.45) is 3.39. The maximum absolute atomic E-state index is 15.6. The van der Waals surface area contributed by atoms with E-state index in [-0.39, 0.29) is 53.4 Å². The quantitative estimate of drug-likeness (QED) is 0.405. The normalized spacial score (nSPS) is 19.1. The molecule has 1 aromatic heterocycles. The molecule has 3 heterocycles. The van der Waals surface area contributed by atoms with Gasteiger partial charge in [-0.3, -0.25) is 14.4 Å². The standard InChI is InChI=1S/C31H32ClF2N5O4/c1-20-10-13-39(36-20)22-8-9-24(26(32)15-22)30(43)38-14-11-31(33,34)25(23-6-2-3-7-27(23)38)16-28(41)35-17-29(42)37-12-4-5-21(18-37)19-40/h2-3,6-10,13,15-16,21,40H,4-5,11-12,14,17-19H2,1H3,(H,35,41)/b25-16-. The number of hydrogen-bond donors (Lipinski definition) is 2. The molecule has 2 N–H and O–H groups in total. The van der Waals surface area contributed by atoms with Crippen LogP contribution in [0.2, 0.25) is 5.02 Å². The van der Waals surface area contributed by atoms with Gasteiger partial charge in [0, 0.05) is 56.1 Å². The Balaban J connectivity index is 1.38. The molecule has 2 aliphatic rings. The number of fused-ring (bicyclic) bond motifs is 1. The molecule has 2 aliphatic heterocycles. The van der Waals surface area contributed by atoms with Crippen LogP contribution in [0.15, 0.2) is 60.8 Å². The molecule has 5 rings (SSSR count). The van der Waals surface area contributed by atoms with E-state index in [0.717, 1.165) is 24.6 Å². The van der Waals surface area contributed by atoms with E-state index < -0.39 is 29.7 Å². The van der Waals surface area contributed by atoms with Gasteiger partial charge in [0.1, 0.15) is 0 Å². The lowest BCUT2D eigenvalue weighted by atomic mass is 9.97. The fraction of sp³-hybridized carbons (Fsp3) is 0.355. The van der Waals surface area contributed by atoms with Gasteiger partial charge in [0.05, 0.1) is 34.2 Å². The summed E-state index contributed by atoms with van der Waals surface area (Å²) in [4.78, 5) is 42.0. The first-order valence-electron chi connectivity index (χ1n) is 14.1. The molecule has 1 unspecified atom stereocenters. The zero-order chi connectivity index (χ0) is 30.7. The van der Waals surface area contributed by atoms with Gasteiger partial charge in [-0.1, -0.05) is 29.8 Å². The lowest BCUT2D eigenvalue weighted by molar-refractivity contribution is -0.133. The number of amides is 3. The van der Waals surface area contributed by atoms with Crippen molar-refractivity contribution in [2.24, 2.45) is 5.92 Å². The number of carbonyl (C=O) groups is 3. The highest BCUT2D eigenvalue weighted by Gasteiger charge is 2.41. The van der Waals surface area contributed by atoms with Gasteiger partial charge < -0.3 is 20.2 Å². The van der Waals surface area contributed by atoms with Crippen molar-refractivity contribution >= 4 is 40.6 Å². The van der Waals surface area contributed by atoms with Gasteiger partial charge >= 0.3 is 0 Å². The van der Waals surface area contributed by atoms with Crippen molar-refractivity contribution in [2.75, 3.05) is 37.7 Å². The maximum Gasteiger partial charge on any atom is 0.275 e. The molecule has 12 heteroatoms. The zero-order valence-electron chi connectivity index (χ0n) is 23.6. The first kappa shape index (κ1) is 30.4. The van der Waals surface area contributed by atoms with E-state index in [4.69, 9.17) is 11.6 Å². The highest BCUT2D eigenvalue weighted by molar-refractivity contribution is 6.34. The molecule has 3 aromatic rings. The third kappa shape index (κ3) is 6.62. The van der Waals surface area contributed by atoms with Gasteiger partial charge in [-0.25, -0.2) is 13.5 Å². The third-order valence-electron chi connectivity index (χ3n) is 7.76. The summed E-state index contributed by atoms with van der Waals surface area (Å²) in [6.45, 7) is 2.04. The van der Waals surface area contributed by atoms with Crippen molar-refractivity contribution in [3.63, 3.8) is 0 Å². The van der Waals surface area contributed by atoms with Crippen LogP contribution in [0.1, 0.15) is 40.9 Å². The van der Waals surface area contributed by atoms with Crippen molar-refractivity contribution in [1.82, 2.24) is 20.0 Å². The highest BCUT2D eigenvalue weighted by Crippen LogP contribution is 2.43. The van der Waals surface area contributed by atoms with Crippen molar-refractivity contribution < 1.29 is 28.3 Å². The van der Waals surface area contributed by atoms with Gasteiger partial charge in [-0.05, 0) is 56.0 Å². The second-order valence-electron chi connectivity index (χ2n) is 10.8. The summed E-state index contributed by atoms with van der Waals surface area (Å²) in [5, 5.41) is 16.3. The number of para-hydroxylation sites is 1. The van der Waals surface area contributed by atoms with Crippen molar-refractivity contribution in [2.45, 2.75) is 32.1 Å². The molecule has 0 bridgehead atoms. The van der Waals surface area contributed by atoms with E-state index in [1.165, 1.54) is 17.0 Å². The summed E-state index contributed by atoms with van der Waals surface area (Å²) in [5.41, 5.74) is 1.28. The van der Waals surface area contributed by atoms with E-state index in [9.17, 15) is 19.5 Å². The molecule has 1 atom stereocenters. The smallest absolute Gasteiger partial charge is 0.275 e. The number of rotatable bonds is 6. The molecule has 3 amide bonds. The molecule has 9 nitrogen and oxygen atoms in total. The van der Waals surface area contributed by atoms with Crippen molar-refractivity contribution in [3.8, 4) is 5.69 Å². The Labute approximate surface area is 252 Å². The van der Waals surface area contributed by atoms with Crippen LogP contribution in [0, 0.1) is 12.8 Å². The number of aliphatic hydroxyl groups is 1. The van der Waals surface area contributed by atoms with E-state index >= 15 is 8.78 Å². The Bertz CT molecular complexity index is 1570. The monoisotopic (exact) mass is 611 g/mol. The fourth-order valence-electron chi connectivity index (χ4n) is 5.46. The Morgan fingerprint density at radius 2 is 1.95 bits per heavy atom. The minimum absolute atomic E-state index is 0.0177. The number of aryl methyl sites for hydroxylation is 1. The van der Waals surface area contributed by atoms with Crippen molar-refractivity contribution in [3.05, 3.63) is 82.6 Å². The number of aliphatic hydroxyl groups excluding tert-OH is 1. The average molecular weight is 612 g/mol. The van der Waals surface area contributed by atoms with Gasteiger partial charge in [0.25, 0.3) is 11.8 Å². The van der Waals surface area contributed by atoms with Crippen LogP contribution >= 0.6 is 11.6 Å². The van der Waals surface area contributed by atoms with Gasteiger partial charge in [-0.15, -0.1) is 0 Å².